The van der Waals surface area contributed by atoms with Crippen LogP contribution in [0, 0.1) is 18.3 Å². The molecule has 0 radical (unpaired) electrons. The summed E-state index contributed by atoms with van der Waals surface area (Å²) < 4.78 is 2.17. The minimum atomic E-state index is 0.695. The van der Waals surface area contributed by atoms with Gasteiger partial charge in [-0.15, -0.1) is 0 Å². The van der Waals surface area contributed by atoms with Crippen LogP contribution in [-0.4, -0.2) is 15.9 Å². The molecule has 0 atom stereocenters. The van der Waals surface area contributed by atoms with Gasteiger partial charge in [0.1, 0.15) is 11.9 Å². The van der Waals surface area contributed by atoms with E-state index in [-0.39, 0.29) is 0 Å². The van der Waals surface area contributed by atoms with Crippen molar-refractivity contribution < 1.29 is 0 Å². The molecule has 2 heterocycles. The monoisotopic (exact) mass is 502 g/mol. The quantitative estimate of drug-likeness (QED) is 0.166. The normalized spacial score (nSPS) is 11.4. The molecule has 0 spiro atoms. The van der Waals surface area contributed by atoms with Crippen LogP contribution in [0.2, 0.25) is 0 Å². The summed E-state index contributed by atoms with van der Waals surface area (Å²) in [5.74, 6) is 1.11. The lowest BCUT2D eigenvalue weighted by Gasteiger charge is -2.18. The number of unbranched alkanes of at least 4 members (excludes halogenated alkanes) is 15. The molecule has 0 aliphatic heterocycles. The van der Waals surface area contributed by atoms with E-state index in [0.717, 1.165) is 41.0 Å². The molecule has 2 aromatic heterocycles. The Labute approximate surface area is 225 Å². The Hall–Kier alpha value is -2.54. The van der Waals surface area contributed by atoms with Crippen LogP contribution >= 0.6 is 0 Å². The number of hydrogen-bond acceptors (Lipinski definition) is 3. The number of imidazole rings is 1. The molecule has 0 aliphatic rings. The molecule has 0 amide bonds. The van der Waals surface area contributed by atoms with Gasteiger partial charge < -0.3 is 5.32 Å². The maximum atomic E-state index is 9.86. The van der Waals surface area contributed by atoms with Gasteiger partial charge in [0.15, 0.2) is 5.65 Å². The zero-order chi connectivity index (χ0) is 26.3. The lowest BCUT2D eigenvalue weighted by Crippen LogP contribution is -2.12. The summed E-state index contributed by atoms with van der Waals surface area (Å²) >= 11 is 0. The van der Waals surface area contributed by atoms with Gasteiger partial charge in [0.2, 0.25) is 0 Å². The molecule has 3 rings (SSSR count). The van der Waals surface area contributed by atoms with Crippen molar-refractivity contribution in [3.05, 3.63) is 41.0 Å². The van der Waals surface area contributed by atoms with Crippen LogP contribution in [0.4, 0.5) is 5.82 Å². The standard InChI is InChI=1S/C33H50N4/c1-4-6-7-8-9-10-11-12-13-14-15-16-17-18-19-22-25-35-32-28(5-2)27(3)29(26-34)33-36-30-23-20-21-24-31(30)37(32)33/h20-21,23-24,35H,4-19,22,25H2,1-3H3. The summed E-state index contributed by atoms with van der Waals surface area (Å²) in [7, 11) is 0. The third kappa shape index (κ3) is 8.22. The Morgan fingerprint density at radius 2 is 1.32 bits per heavy atom. The highest BCUT2D eigenvalue weighted by atomic mass is 15.1. The molecule has 37 heavy (non-hydrogen) atoms. The lowest BCUT2D eigenvalue weighted by molar-refractivity contribution is 0.530. The number of fused-ring (bicyclic) bond motifs is 3. The summed E-state index contributed by atoms with van der Waals surface area (Å²) in [5.41, 5.74) is 5.76. The second kappa shape index (κ2) is 16.3. The van der Waals surface area contributed by atoms with Crippen molar-refractivity contribution >= 4 is 22.5 Å². The highest BCUT2D eigenvalue weighted by Gasteiger charge is 2.19. The van der Waals surface area contributed by atoms with Crippen molar-refractivity contribution in [2.45, 2.75) is 130 Å². The minimum absolute atomic E-state index is 0.695. The smallest absolute Gasteiger partial charge is 0.157 e. The number of rotatable bonds is 19. The maximum absolute atomic E-state index is 9.86. The number of pyridine rings is 1. The topological polar surface area (TPSA) is 53.1 Å². The van der Waals surface area contributed by atoms with Gasteiger partial charge in [-0.25, -0.2) is 4.98 Å². The number of nitriles is 1. The predicted octanol–water partition coefficient (Wildman–Crippen LogP) is 9.90. The Balaban J connectivity index is 1.36. The fraction of sp³-hybridized carbons (Fsp3) is 0.636. The van der Waals surface area contributed by atoms with Crippen molar-refractivity contribution in [2.24, 2.45) is 0 Å². The molecule has 1 aromatic carbocycles. The Morgan fingerprint density at radius 3 is 1.86 bits per heavy atom. The minimum Gasteiger partial charge on any atom is -0.371 e. The molecular weight excluding hydrogens is 452 g/mol. The largest absolute Gasteiger partial charge is 0.371 e. The SMILES string of the molecule is CCCCCCCCCCCCCCCCCCNc1c(CC)c(C)c(C#N)c2nc3ccccc3n12. The molecule has 3 aromatic rings. The summed E-state index contributed by atoms with van der Waals surface area (Å²) in [6, 6.07) is 10.6. The number of anilines is 1. The Morgan fingerprint density at radius 1 is 0.784 bits per heavy atom. The van der Waals surface area contributed by atoms with E-state index in [0.29, 0.717) is 5.56 Å². The second-order valence-electron chi connectivity index (χ2n) is 10.8. The van der Waals surface area contributed by atoms with Crippen molar-refractivity contribution in [1.29, 1.82) is 5.26 Å². The molecule has 202 valence electrons. The molecule has 4 heteroatoms. The van der Waals surface area contributed by atoms with E-state index < -0.39 is 0 Å². The van der Waals surface area contributed by atoms with E-state index >= 15 is 0 Å². The molecule has 0 aliphatic carbocycles. The van der Waals surface area contributed by atoms with E-state index in [1.54, 1.807) is 0 Å². The average molecular weight is 503 g/mol. The van der Waals surface area contributed by atoms with Crippen LogP contribution in [0.3, 0.4) is 0 Å². The highest BCUT2D eigenvalue weighted by Crippen LogP contribution is 2.31. The highest BCUT2D eigenvalue weighted by molar-refractivity contribution is 5.86. The van der Waals surface area contributed by atoms with E-state index in [2.05, 4.69) is 42.6 Å². The van der Waals surface area contributed by atoms with Crippen LogP contribution in [-0.2, 0) is 6.42 Å². The second-order valence-corrected chi connectivity index (χ2v) is 10.8. The number of hydrogen-bond donors (Lipinski definition) is 1. The van der Waals surface area contributed by atoms with Crippen LogP contribution in [0.25, 0.3) is 16.7 Å². The third-order valence-electron chi connectivity index (χ3n) is 7.91. The molecule has 0 saturated carbocycles. The Bertz CT molecular complexity index is 1120. The van der Waals surface area contributed by atoms with E-state index in [1.165, 1.54) is 108 Å². The van der Waals surface area contributed by atoms with Crippen LogP contribution in [0.1, 0.15) is 133 Å². The van der Waals surface area contributed by atoms with Crippen LogP contribution in [0.15, 0.2) is 24.3 Å². The molecular formula is C33H50N4. The van der Waals surface area contributed by atoms with Crippen molar-refractivity contribution in [3.8, 4) is 6.07 Å². The molecule has 0 saturated heterocycles. The first-order valence-corrected chi connectivity index (χ1v) is 15.3. The number of benzene rings is 1. The van der Waals surface area contributed by atoms with E-state index in [4.69, 9.17) is 4.98 Å². The van der Waals surface area contributed by atoms with Crippen LogP contribution < -0.4 is 5.32 Å². The fourth-order valence-corrected chi connectivity index (χ4v) is 5.68. The third-order valence-corrected chi connectivity index (χ3v) is 7.91. The molecule has 4 nitrogen and oxygen atoms in total. The summed E-state index contributed by atoms with van der Waals surface area (Å²) in [6.45, 7) is 7.49. The Kier molecular flexibility index (Phi) is 12.8. The van der Waals surface area contributed by atoms with E-state index in [1.807, 2.05) is 18.2 Å². The molecule has 0 unspecified atom stereocenters. The van der Waals surface area contributed by atoms with E-state index in [9.17, 15) is 5.26 Å². The molecule has 0 bridgehead atoms. The summed E-state index contributed by atoms with van der Waals surface area (Å²) in [6.07, 6.45) is 23.1. The van der Waals surface area contributed by atoms with Crippen LogP contribution in [0.5, 0.6) is 0 Å². The first-order chi connectivity index (χ1) is 18.2. The molecule has 0 fully saturated rings. The number of para-hydroxylation sites is 2. The number of nitrogens with one attached hydrogen (secondary N) is 1. The average Bonchev–Trinajstić information content (AvgIpc) is 3.29. The number of aromatic nitrogens is 2. The molecule has 1 N–H and O–H groups in total. The summed E-state index contributed by atoms with van der Waals surface area (Å²) in [5, 5.41) is 13.6. The lowest BCUT2D eigenvalue weighted by atomic mass is 10.0. The van der Waals surface area contributed by atoms with Gasteiger partial charge in [-0.05, 0) is 43.0 Å². The number of nitrogens with zero attached hydrogens (tertiary/aromatic N) is 3. The summed E-state index contributed by atoms with van der Waals surface area (Å²) in [4.78, 5) is 4.81. The zero-order valence-electron chi connectivity index (χ0n) is 23.9. The van der Waals surface area contributed by atoms with Gasteiger partial charge >= 0.3 is 0 Å². The van der Waals surface area contributed by atoms with Crippen molar-refractivity contribution in [3.63, 3.8) is 0 Å². The van der Waals surface area contributed by atoms with Gasteiger partial charge in [-0.3, -0.25) is 4.40 Å². The fourth-order valence-electron chi connectivity index (χ4n) is 5.68. The zero-order valence-corrected chi connectivity index (χ0v) is 23.9. The van der Waals surface area contributed by atoms with Gasteiger partial charge in [-0.2, -0.15) is 5.26 Å². The van der Waals surface area contributed by atoms with Gasteiger partial charge in [0.25, 0.3) is 0 Å². The van der Waals surface area contributed by atoms with Crippen molar-refractivity contribution in [1.82, 2.24) is 9.38 Å². The maximum Gasteiger partial charge on any atom is 0.157 e. The van der Waals surface area contributed by atoms with Gasteiger partial charge in [-0.1, -0.05) is 122 Å². The van der Waals surface area contributed by atoms with Gasteiger partial charge in [0, 0.05) is 6.54 Å². The van der Waals surface area contributed by atoms with Gasteiger partial charge in [0.05, 0.1) is 16.6 Å². The first kappa shape index (κ1) is 29.0. The van der Waals surface area contributed by atoms with Crippen molar-refractivity contribution in [2.75, 3.05) is 11.9 Å². The first-order valence-electron chi connectivity index (χ1n) is 15.3. The predicted molar refractivity (Wildman–Crippen MR) is 160 cm³/mol.